The molecule has 236 valence electrons. The van der Waals surface area contributed by atoms with Gasteiger partial charge in [-0.25, -0.2) is 4.79 Å². The van der Waals surface area contributed by atoms with E-state index < -0.39 is 53.8 Å². The number of carbonyl (C=O) groups excluding carboxylic acids is 4. The maximum atomic E-state index is 13.6. The monoisotopic (exact) mass is 601 g/mol. The number of nitrogens with one attached hydrogen (secondary N) is 4. The summed E-state index contributed by atoms with van der Waals surface area (Å²) in [4.78, 5) is 69.9. The number of carbonyl (C=O) groups is 5. The second-order valence-corrected chi connectivity index (χ2v) is 10.5. The van der Waals surface area contributed by atoms with Crippen LogP contribution in [-0.4, -0.2) is 76.4 Å². The number of fused-ring (bicyclic) bond motifs is 1. The Balaban J connectivity index is 2.34. The van der Waals surface area contributed by atoms with Crippen molar-refractivity contribution in [2.45, 2.75) is 76.5 Å². The van der Waals surface area contributed by atoms with E-state index in [1.807, 2.05) is 31.2 Å². The molecule has 0 saturated heterocycles. The summed E-state index contributed by atoms with van der Waals surface area (Å²) in [6, 6.07) is 2.76. The Morgan fingerprint density at radius 1 is 0.953 bits per heavy atom. The lowest BCUT2D eigenvalue weighted by Crippen LogP contribution is -2.58. The van der Waals surface area contributed by atoms with Gasteiger partial charge in [-0.05, 0) is 36.8 Å². The van der Waals surface area contributed by atoms with Gasteiger partial charge in [0.15, 0.2) is 5.96 Å². The second kappa shape index (κ2) is 16.7. The van der Waals surface area contributed by atoms with Crippen LogP contribution in [0.25, 0.3) is 10.9 Å². The Bertz CT molecular complexity index is 1310. The number of para-hydroxylation sites is 1. The summed E-state index contributed by atoms with van der Waals surface area (Å²) in [7, 11) is 0. The number of hydrogen-bond donors (Lipinski definition) is 9. The summed E-state index contributed by atoms with van der Waals surface area (Å²) < 4.78 is 0. The predicted octanol–water partition coefficient (Wildman–Crippen LogP) is -1.06. The fraction of sp³-hybridized carbons (Fsp3) is 0.500. The summed E-state index contributed by atoms with van der Waals surface area (Å²) >= 11 is 0. The molecule has 1 heterocycles. The van der Waals surface area contributed by atoms with Crippen molar-refractivity contribution in [3.8, 4) is 0 Å². The fourth-order valence-electron chi connectivity index (χ4n) is 4.42. The summed E-state index contributed by atoms with van der Waals surface area (Å²) in [5.74, 6) is -4.43. The van der Waals surface area contributed by atoms with Crippen molar-refractivity contribution in [3.63, 3.8) is 0 Å². The molecule has 15 heteroatoms. The van der Waals surface area contributed by atoms with Gasteiger partial charge in [-0.15, -0.1) is 0 Å². The molecule has 1 aromatic carbocycles. The largest absolute Gasteiger partial charge is 0.480 e. The first-order chi connectivity index (χ1) is 20.3. The van der Waals surface area contributed by atoms with Crippen LogP contribution in [-0.2, 0) is 30.4 Å². The smallest absolute Gasteiger partial charge is 0.326 e. The Kier molecular flexibility index (Phi) is 13.4. The third kappa shape index (κ3) is 10.9. The minimum atomic E-state index is -1.20. The number of hydrogen-bond acceptors (Lipinski definition) is 7. The highest BCUT2D eigenvalue weighted by atomic mass is 16.4. The molecule has 5 atom stereocenters. The van der Waals surface area contributed by atoms with E-state index in [1.165, 1.54) is 0 Å². The lowest BCUT2D eigenvalue weighted by molar-refractivity contribution is -0.143. The molecule has 0 fully saturated rings. The van der Waals surface area contributed by atoms with E-state index in [1.54, 1.807) is 13.1 Å². The van der Waals surface area contributed by atoms with E-state index in [2.05, 4.69) is 25.9 Å². The number of aliphatic carboxylic acids is 1. The van der Waals surface area contributed by atoms with E-state index >= 15 is 0 Å². The van der Waals surface area contributed by atoms with Gasteiger partial charge in [0.05, 0.1) is 6.04 Å². The average molecular weight is 602 g/mol. The van der Waals surface area contributed by atoms with Gasteiger partial charge in [-0.3, -0.25) is 24.2 Å². The number of primary amides is 1. The fourth-order valence-corrected chi connectivity index (χ4v) is 4.42. The highest BCUT2D eigenvalue weighted by molar-refractivity contribution is 5.95. The van der Waals surface area contributed by atoms with Crippen molar-refractivity contribution in [3.05, 3.63) is 36.0 Å². The number of nitrogens with two attached hydrogens (primary N) is 4. The van der Waals surface area contributed by atoms with Gasteiger partial charge in [0, 0.05) is 36.5 Å². The maximum Gasteiger partial charge on any atom is 0.326 e. The van der Waals surface area contributed by atoms with E-state index in [-0.39, 0.29) is 44.1 Å². The first-order valence-electron chi connectivity index (χ1n) is 14.1. The van der Waals surface area contributed by atoms with Crippen molar-refractivity contribution < 1.29 is 29.1 Å². The molecule has 5 unspecified atom stereocenters. The number of carboxylic acids is 1. The summed E-state index contributed by atoms with van der Waals surface area (Å²) in [5, 5.41) is 18.4. The van der Waals surface area contributed by atoms with Crippen LogP contribution >= 0.6 is 0 Å². The molecule has 0 radical (unpaired) electrons. The third-order valence-corrected chi connectivity index (χ3v) is 7.13. The minimum absolute atomic E-state index is 0.0265. The number of aromatic amines is 1. The van der Waals surface area contributed by atoms with Gasteiger partial charge in [-0.1, -0.05) is 38.5 Å². The molecule has 4 amide bonds. The molecular formula is C28H43N9O6. The number of aromatic nitrogens is 1. The number of H-pyrrole nitrogens is 1. The van der Waals surface area contributed by atoms with Gasteiger partial charge >= 0.3 is 5.97 Å². The van der Waals surface area contributed by atoms with Gasteiger partial charge in [0.25, 0.3) is 0 Å². The summed E-state index contributed by atoms with van der Waals surface area (Å²) in [6.07, 6.45) is 2.47. The van der Waals surface area contributed by atoms with Crippen molar-refractivity contribution in [2.75, 3.05) is 6.54 Å². The molecule has 0 aliphatic heterocycles. The molecule has 1 aromatic heterocycles. The number of guanidine groups is 1. The molecule has 13 N–H and O–H groups in total. The van der Waals surface area contributed by atoms with E-state index in [4.69, 9.17) is 22.9 Å². The van der Waals surface area contributed by atoms with Crippen LogP contribution in [0, 0.1) is 5.92 Å². The number of aliphatic imine (C=N–C) groups is 1. The number of amides is 4. The predicted molar refractivity (Wildman–Crippen MR) is 161 cm³/mol. The molecule has 0 aliphatic rings. The van der Waals surface area contributed by atoms with Crippen molar-refractivity contribution in [1.82, 2.24) is 20.9 Å². The van der Waals surface area contributed by atoms with Gasteiger partial charge in [0.1, 0.15) is 18.1 Å². The zero-order chi connectivity index (χ0) is 32.1. The molecule has 0 aliphatic carbocycles. The lowest BCUT2D eigenvalue weighted by atomic mass is 9.97. The van der Waals surface area contributed by atoms with Gasteiger partial charge in [-0.2, -0.15) is 0 Å². The first kappa shape index (κ1) is 34.5. The zero-order valence-corrected chi connectivity index (χ0v) is 24.5. The number of rotatable bonds is 18. The van der Waals surface area contributed by atoms with Crippen molar-refractivity contribution in [2.24, 2.45) is 33.8 Å². The van der Waals surface area contributed by atoms with Gasteiger partial charge in [0.2, 0.25) is 23.6 Å². The molecule has 2 aromatic rings. The van der Waals surface area contributed by atoms with Crippen LogP contribution < -0.4 is 38.9 Å². The Labute approximate surface area is 249 Å². The van der Waals surface area contributed by atoms with Crippen LogP contribution in [0.4, 0.5) is 0 Å². The molecule has 0 spiro atoms. The highest BCUT2D eigenvalue weighted by Crippen LogP contribution is 2.20. The van der Waals surface area contributed by atoms with E-state index in [0.29, 0.717) is 18.4 Å². The first-order valence-corrected chi connectivity index (χ1v) is 14.1. The Morgan fingerprint density at radius 2 is 1.60 bits per heavy atom. The van der Waals surface area contributed by atoms with Crippen molar-refractivity contribution >= 4 is 46.5 Å². The summed E-state index contributed by atoms with van der Waals surface area (Å²) in [5.41, 5.74) is 23.3. The summed E-state index contributed by atoms with van der Waals surface area (Å²) in [6.45, 7) is 3.68. The maximum absolute atomic E-state index is 13.6. The average Bonchev–Trinajstić information content (AvgIpc) is 3.37. The number of benzene rings is 1. The molecule has 0 bridgehead atoms. The Hall–Kier alpha value is -4.66. The van der Waals surface area contributed by atoms with E-state index in [0.717, 1.165) is 10.9 Å². The van der Waals surface area contributed by atoms with Crippen LogP contribution in [0.15, 0.2) is 35.5 Å². The van der Waals surface area contributed by atoms with Crippen molar-refractivity contribution in [1.29, 1.82) is 0 Å². The Morgan fingerprint density at radius 3 is 2.23 bits per heavy atom. The quantitative estimate of drug-likeness (QED) is 0.0571. The van der Waals surface area contributed by atoms with Gasteiger partial charge < -0.3 is 49.0 Å². The standard InChI is InChI=1S/C28H43N9O6/c1-3-15(2)23(27(42)43)37-26(41)21(13-16-14-34-19-8-5-4-7-17(16)19)36-25(40)20(9-6-12-33-28(31)32)35-24(39)18(29)10-11-22(30)38/h4-5,7-8,14-15,18,20-21,23,34H,3,6,9-13,29H2,1-2H3,(H2,30,38)(H,35,39)(H,36,40)(H,37,41)(H,42,43)(H4,31,32,33). The number of nitrogens with zero attached hydrogens (tertiary/aromatic N) is 1. The van der Waals surface area contributed by atoms with Crippen LogP contribution in [0.2, 0.25) is 0 Å². The molecule has 15 nitrogen and oxygen atoms in total. The molecule has 2 rings (SSSR count). The molecule has 0 saturated carbocycles. The minimum Gasteiger partial charge on any atom is -0.480 e. The van der Waals surface area contributed by atoms with Crippen LogP contribution in [0.3, 0.4) is 0 Å². The number of carboxylic acid groups (broad SMARTS) is 1. The van der Waals surface area contributed by atoms with Crippen LogP contribution in [0.5, 0.6) is 0 Å². The molecule has 43 heavy (non-hydrogen) atoms. The highest BCUT2D eigenvalue weighted by Gasteiger charge is 2.32. The normalized spacial score (nSPS) is 14.5. The van der Waals surface area contributed by atoms with E-state index in [9.17, 15) is 29.1 Å². The third-order valence-electron chi connectivity index (χ3n) is 7.13. The topological polar surface area (TPSA) is 274 Å². The zero-order valence-electron chi connectivity index (χ0n) is 24.5. The lowest BCUT2D eigenvalue weighted by Gasteiger charge is -2.26. The second-order valence-electron chi connectivity index (χ2n) is 10.5. The molecular weight excluding hydrogens is 558 g/mol. The van der Waals surface area contributed by atoms with Crippen LogP contribution in [0.1, 0.15) is 51.5 Å². The SMILES string of the molecule is CCC(C)C(NC(=O)C(Cc1c[nH]c2ccccc12)NC(=O)C(CCCN=C(N)N)NC(=O)C(N)CCC(N)=O)C(=O)O.